The summed E-state index contributed by atoms with van der Waals surface area (Å²) in [6.45, 7) is 12.0. The highest BCUT2D eigenvalue weighted by Gasteiger charge is 2.68. The molecule has 0 aromatic carbocycles. The zero-order valence-corrected chi connectivity index (χ0v) is 48.3. The molecule has 0 aromatic rings. The molecule has 0 radical (unpaired) electrons. The molecule has 26 nitrogen and oxygen atoms in total. The van der Waals surface area contributed by atoms with E-state index in [1.165, 1.54) is 26.3 Å². The first-order valence-corrected chi connectivity index (χ1v) is 30.1. The van der Waals surface area contributed by atoms with Gasteiger partial charge in [-0.1, -0.05) is 39.3 Å². The van der Waals surface area contributed by atoms with Gasteiger partial charge in [-0.25, -0.2) is 0 Å². The van der Waals surface area contributed by atoms with Gasteiger partial charge in [0.15, 0.2) is 37.2 Å². The lowest BCUT2D eigenvalue weighted by molar-refractivity contribution is -0.394. The molecule has 6 heterocycles. The highest BCUT2D eigenvalue weighted by molar-refractivity contribution is 5.26. The van der Waals surface area contributed by atoms with Gasteiger partial charge >= 0.3 is 0 Å². The first kappa shape index (κ1) is 64.7. The van der Waals surface area contributed by atoms with Crippen molar-refractivity contribution in [2.24, 2.45) is 46.3 Å². The van der Waals surface area contributed by atoms with Crippen molar-refractivity contribution in [3.8, 4) is 0 Å². The summed E-state index contributed by atoms with van der Waals surface area (Å²) < 4.78 is 66.7. The van der Waals surface area contributed by atoms with Gasteiger partial charge in [0.1, 0.15) is 104 Å². The zero-order chi connectivity index (χ0) is 60.1. The lowest BCUT2D eigenvalue weighted by Crippen LogP contribution is -2.67. The van der Waals surface area contributed by atoms with Crippen LogP contribution in [0.3, 0.4) is 0 Å². The minimum atomic E-state index is -1.88. The molecule has 4 aliphatic carbocycles. The molecule has 478 valence electrons. The van der Waals surface area contributed by atoms with Gasteiger partial charge < -0.3 is 129 Å². The molecular weight excluding hydrogens is 1100 g/mol. The van der Waals surface area contributed by atoms with Crippen molar-refractivity contribution in [1.82, 2.24) is 0 Å². The fourth-order valence-electron chi connectivity index (χ4n) is 16.4. The highest BCUT2D eigenvalue weighted by atomic mass is 16.8. The van der Waals surface area contributed by atoms with Gasteiger partial charge in [0.2, 0.25) is 0 Å². The molecular formula is C57H94O26. The topological polar surface area (TPSA) is 405 Å². The van der Waals surface area contributed by atoms with Crippen LogP contribution in [-0.2, 0) is 52.1 Å². The smallest absolute Gasteiger partial charge is 0.187 e. The summed E-state index contributed by atoms with van der Waals surface area (Å²) in [4.78, 5) is 0. The van der Waals surface area contributed by atoms with E-state index in [9.17, 15) is 76.6 Å². The fourth-order valence-corrected chi connectivity index (χ4v) is 16.4. The van der Waals surface area contributed by atoms with Crippen molar-refractivity contribution >= 4 is 0 Å². The summed E-state index contributed by atoms with van der Waals surface area (Å²) in [5.74, 6) is -0.409. The lowest BCUT2D eigenvalue weighted by atomic mass is 9.47. The maximum absolute atomic E-state index is 12.3. The maximum Gasteiger partial charge on any atom is 0.187 e. The van der Waals surface area contributed by atoms with E-state index in [2.05, 4.69) is 26.8 Å². The van der Waals surface area contributed by atoms with Crippen LogP contribution in [0.1, 0.15) is 106 Å². The largest absolute Gasteiger partial charge is 0.394 e. The second-order valence-corrected chi connectivity index (χ2v) is 26.6. The van der Waals surface area contributed by atoms with Crippen LogP contribution in [0.5, 0.6) is 0 Å². The van der Waals surface area contributed by atoms with Crippen LogP contribution >= 0.6 is 0 Å². The van der Waals surface area contributed by atoms with E-state index in [4.69, 9.17) is 52.1 Å². The molecule has 0 spiro atoms. The lowest BCUT2D eigenvalue weighted by Gasteiger charge is -2.58. The van der Waals surface area contributed by atoms with Crippen LogP contribution in [-0.4, -0.2) is 268 Å². The summed E-state index contributed by atoms with van der Waals surface area (Å²) in [7, 11) is 0. The summed E-state index contributed by atoms with van der Waals surface area (Å²) in [5.41, 5.74) is 0.970. The van der Waals surface area contributed by atoms with Gasteiger partial charge in [0, 0.05) is 12.3 Å². The molecule has 36 atom stereocenters. The quantitative estimate of drug-likeness (QED) is 0.0680. The number of rotatable bonds is 16. The molecule has 3 saturated carbocycles. The second-order valence-electron chi connectivity index (χ2n) is 26.6. The molecule has 10 rings (SSSR count). The zero-order valence-electron chi connectivity index (χ0n) is 48.3. The second kappa shape index (κ2) is 25.2. The van der Waals surface area contributed by atoms with E-state index in [0.717, 1.165) is 32.1 Å². The predicted octanol–water partition coefficient (Wildman–Crippen LogP) is -3.13. The maximum atomic E-state index is 12.3. The molecule has 3 unspecified atom stereocenters. The summed E-state index contributed by atoms with van der Waals surface area (Å²) in [5, 5.41) is 162. The predicted molar refractivity (Wildman–Crippen MR) is 280 cm³/mol. The van der Waals surface area contributed by atoms with Crippen molar-refractivity contribution in [1.29, 1.82) is 0 Å². The van der Waals surface area contributed by atoms with Gasteiger partial charge in [-0.2, -0.15) is 0 Å². The van der Waals surface area contributed by atoms with Crippen LogP contribution in [0.4, 0.5) is 0 Å². The normalized spacial score (nSPS) is 55.9. The third kappa shape index (κ3) is 11.8. The molecule has 0 aromatic heterocycles. The van der Waals surface area contributed by atoms with Crippen molar-refractivity contribution in [3.63, 3.8) is 0 Å². The van der Waals surface area contributed by atoms with Gasteiger partial charge in [-0.05, 0) is 113 Å². The molecule has 10 aliphatic rings. The Balaban J connectivity index is 0.786. The number of fused-ring (bicyclic) bond motifs is 7. The Bertz CT molecular complexity index is 2200. The van der Waals surface area contributed by atoms with E-state index in [0.29, 0.717) is 43.4 Å². The number of hydrogen-bond donors (Lipinski definition) is 15. The van der Waals surface area contributed by atoms with Crippen LogP contribution in [0.15, 0.2) is 11.6 Å². The minimum absolute atomic E-state index is 0.0864. The Kier molecular flexibility index (Phi) is 19.6. The summed E-state index contributed by atoms with van der Waals surface area (Å²) in [6, 6.07) is 0. The van der Waals surface area contributed by atoms with E-state index >= 15 is 0 Å². The van der Waals surface area contributed by atoms with E-state index in [1.54, 1.807) is 0 Å². The first-order valence-electron chi connectivity index (χ1n) is 30.1. The molecule has 83 heavy (non-hydrogen) atoms. The Hall–Kier alpha value is -1.30. The minimum Gasteiger partial charge on any atom is -0.394 e. The standard InChI is InChI=1S/C57H94O26/c1-21(20-73-50-42(67)40(65)37(62)32(18-58)78-50)10-15-57(72)22(2)34-31(83-57)17-30-28-9-8-26-16-27(11-13-55(26,6)29(28)12-14-56(30,34)7)77-54-49(82-52-44(69)39(64)36(61)24(4)75-52)46(71)48(33(19-59)79-54)81-53-45(70)41(66)47(25(5)76-53)80-51-43(68)38(63)35(60)23(3)74-51/h8,21-25,27-54,58-72H,9-20H2,1-7H3/t21-,22-,23-,24-,25-,27-,28?,29?,30?,31-,32+,33+,34-,35-,36-,37+,38+,39+,40-,41-,42+,43+,44+,45+,46-,47-,48+,49+,50+,51+,52+,53+,54+,55-,56-,57+/m0/s1. The summed E-state index contributed by atoms with van der Waals surface area (Å²) in [6.07, 6.45) is -29.2. The molecule has 0 amide bonds. The number of hydrogen-bond acceptors (Lipinski definition) is 26. The van der Waals surface area contributed by atoms with Crippen molar-refractivity contribution in [2.75, 3.05) is 19.8 Å². The van der Waals surface area contributed by atoms with Crippen molar-refractivity contribution in [2.45, 2.75) is 278 Å². The first-order chi connectivity index (χ1) is 39.2. The molecule has 15 N–H and O–H groups in total. The van der Waals surface area contributed by atoms with Gasteiger partial charge in [0.25, 0.3) is 0 Å². The van der Waals surface area contributed by atoms with E-state index in [1.807, 2.05) is 6.92 Å². The summed E-state index contributed by atoms with van der Waals surface area (Å²) >= 11 is 0. The van der Waals surface area contributed by atoms with Crippen molar-refractivity contribution in [3.05, 3.63) is 11.6 Å². The third-order valence-corrected chi connectivity index (χ3v) is 21.5. The van der Waals surface area contributed by atoms with Gasteiger partial charge in [-0.15, -0.1) is 0 Å². The SMILES string of the molecule is C[C@@H](CC[C@@]1(O)O[C@H]2CC3C4CC=C5C[C@@H](O[C@@H]6O[C@H](CO)[C@@H](O[C@H]7O[C@@H](C)[C@H](O[C@H]8O[C@@H](C)[C@H](O)[C@@H](O)[C@H]8O)[C@@H](O)[C@H]7O)[C@H](O)[C@H]6O[C@H]6O[C@@H](C)[C@H](O)[C@@H](O)[C@H]6O)CC[C@]5(C)C4CC[C@]3(C)[C@H]2[C@@H]1C)CO[C@@H]1O[C@H](CO)[C@@H](O)[C@H](O)[C@H]1O. The number of aliphatic hydroxyl groups excluding tert-OH is 14. The monoisotopic (exact) mass is 1190 g/mol. The molecule has 6 aliphatic heterocycles. The molecule has 6 saturated heterocycles. The highest BCUT2D eigenvalue weighted by Crippen LogP contribution is 2.70. The van der Waals surface area contributed by atoms with Crippen LogP contribution in [0, 0.1) is 46.3 Å². The number of allylic oxidation sites excluding steroid dienone is 1. The molecule has 26 heteroatoms. The number of aliphatic hydroxyl groups is 15. The fraction of sp³-hybridized carbons (Fsp3) is 0.965. The van der Waals surface area contributed by atoms with Crippen LogP contribution in [0.25, 0.3) is 0 Å². The Morgan fingerprint density at radius 2 is 1.12 bits per heavy atom. The average Bonchev–Trinajstić information content (AvgIpc) is 2.29. The van der Waals surface area contributed by atoms with E-state index < -0.39 is 179 Å². The van der Waals surface area contributed by atoms with Crippen LogP contribution in [0.2, 0.25) is 0 Å². The third-order valence-electron chi connectivity index (χ3n) is 21.5. The van der Waals surface area contributed by atoms with Gasteiger partial charge in [0.05, 0.1) is 50.3 Å². The Morgan fingerprint density at radius 3 is 1.75 bits per heavy atom. The van der Waals surface area contributed by atoms with Crippen LogP contribution < -0.4 is 0 Å². The molecule has 0 bridgehead atoms. The molecule has 9 fully saturated rings. The number of ether oxygens (including phenoxy) is 11. The Labute approximate surface area is 483 Å². The average molecular weight is 1200 g/mol. The van der Waals surface area contributed by atoms with E-state index in [-0.39, 0.29) is 41.3 Å². The van der Waals surface area contributed by atoms with Crippen molar-refractivity contribution < 1.29 is 129 Å². The Morgan fingerprint density at radius 1 is 0.566 bits per heavy atom. The van der Waals surface area contributed by atoms with Gasteiger partial charge in [-0.3, -0.25) is 0 Å².